The summed E-state index contributed by atoms with van der Waals surface area (Å²) in [6.07, 6.45) is 1.70. The van der Waals surface area contributed by atoms with Crippen LogP contribution in [-0.2, 0) is 0 Å². The molecular weight excluding hydrogens is 208 g/mol. The third kappa shape index (κ3) is 1.83. The van der Waals surface area contributed by atoms with Gasteiger partial charge in [0.15, 0.2) is 0 Å². The maximum atomic E-state index is 5.06. The summed E-state index contributed by atoms with van der Waals surface area (Å²) in [5, 5.41) is 2.92. The normalized spacial score (nSPS) is 9.36. The van der Waals surface area contributed by atoms with Crippen molar-refractivity contribution in [3.8, 4) is 5.75 Å². The molecule has 11 heavy (non-hydrogen) atoms. The molecule has 1 aromatic heterocycles. The Morgan fingerprint density at radius 1 is 1.64 bits per heavy atom. The van der Waals surface area contributed by atoms with Gasteiger partial charge in [0, 0.05) is 19.3 Å². The van der Waals surface area contributed by atoms with E-state index in [1.807, 2.05) is 13.1 Å². The number of nitrogens with zero attached hydrogens (tertiary/aromatic N) is 1. The van der Waals surface area contributed by atoms with Gasteiger partial charge in [-0.05, 0) is 15.9 Å². The van der Waals surface area contributed by atoms with Gasteiger partial charge in [-0.25, -0.2) is 4.98 Å². The fraction of sp³-hybridized carbons (Fsp3) is 0.286. The molecule has 0 aromatic carbocycles. The Labute approximate surface area is 73.9 Å². The van der Waals surface area contributed by atoms with Crippen molar-refractivity contribution in [2.24, 2.45) is 0 Å². The molecule has 3 nitrogen and oxygen atoms in total. The number of hydrogen-bond donors (Lipinski definition) is 1. The topological polar surface area (TPSA) is 34.1 Å². The predicted octanol–water partition coefficient (Wildman–Crippen LogP) is 1.89. The number of pyridine rings is 1. The smallest absolute Gasteiger partial charge is 0.138 e. The monoisotopic (exact) mass is 216 g/mol. The Morgan fingerprint density at radius 3 is 2.91 bits per heavy atom. The Kier molecular flexibility index (Phi) is 2.70. The van der Waals surface area contributed by atoms with Crippen LogP contribution < -0.4 is 10.1 Å². The van der Waals surface area contributed by atoms with E-state index in [0.717, 1.165) is 16.0 Å². The van der Waals surface area contributed by atoms with Gasteiger partial charge in [-0.2, -0.15) is 0 Å². The Balaban J connectivity index is 3.02. The van der Waals surface area contributed by atoms with Gasteiger partial charge in [0.25, 0.3) is 0 Å². The molecule has 0 radical (unpaired) electrons. The van der Waals surface area contributed by atoms with Gasteiger partial charge in [-0.1, -0.05) is 0 Å². The van der Waals surface area contributed by atoms with Crippen LogP contribution in [0.4, 0.5) is 5.82 Å². The number of nitrogens with one attached hydrogen (secondary N) is 1. The van der Waals surface area contributed by atoms with Crippen LogP contribution in [0.1, 0.15) is 0 Å². The number of ether oxygens (including phenoxy) is 1. The van der Waals surface area contributed by atoms with Gasteiger partial charge < -0.3 is 10.1 Å². The zero-order chi connectivity index (χ0) is 8.27. The highest BCUT2D eigenvalue weighted by molar-refractivity contribution is 9.10. The molecule has 0 saturated carbocycles. The molecule has 1 N–H and O–H groups in total. The van der Waals surface area contributed by atoms with Crippen LogP contribution in [0.2, 0.25) is 0 Å². The lowest BCUT2D eigenvalue weighted by Gasteiger charge is -2.04. The molecule has 4 heteroatoms. The third-order valence-electron chi connectivity index (χ3n) is 1.30. The van der Waals surface area contributed by atoms with Crippen LogP contribution in [0.5, 0.6) is 5.75 Å². The summed E-state index contributed by atoms with van der Waals surface area (Å²) in [5.41, 5.74) is 0. The zero-order valence-electron chi connectivity index (χ0n) is 6.39. The van der Waals surface area contributed by atoms with E-state index in [4.69, 9.17) is 4.74 Å². The van der Waals surface area contributed by atoms with E-state index < -0.39 is 0 Å². The maximum Gasteiger partial charge on any atom is 0.138 e. The quantitative estimate of drug-likeness (QED) is 0.821. The van der Waals surface area contributed by atoms with Crippen molar-refractivity contribution in [3.63, 3.8) is 0 Å². The van der Waals surface area contributed by atoms with Crippen LogP contribution >= 0.6 is 15.9 Å². The first kappa shape index (κ1) is 8.33. The van der Waals surface area contributed by atoms with E-state index in [9.17, 15) is 0 Å². The minimum absolute atomic E-state index is 0.782. The number of rotatable bonds is 2. The molecule has 0 aliphatic carbocycles. The van der Waals surface area contributed by atoms with Crippen molar-refractivity contribution < 1.29 is 4.74 Å². The lowest BCUT2D eigenvalue weighted by Crippen LogP contribution is -1.93. The first-order valence-electron chi connectivity index (χ1n) is 3.15. The second-order valence-corrected chi connectivity index (χ2v) is 2.81. The molecule has 0 fully saturated rings. The molecule has 0 aliphatic rings. The molecule has 0 bridgehead atoms. The van der Waals surface area contributed by atoms with Crippen molar-refractivity contribution in [3.05, 3.63) is 16.7 Å². The number of aromatic nitrogens is 1. The maximum absolute atomic E-state index is 5.06. The first-order chi connectivity index (χ1) is 5.27. The Morgan fingerprint density at radius 2 is 2.36 bits per heavy atom. The average molecular weight is 217 g/mol. The fourth-order valence-corrected chi connectivity index (χ4v) is 1.09. The van der Waals surface area contributed by atoms with Crippen LogP contribution in [0.25, 0.3) is 0 Å². The number of halogens is 1. The number of anilines is 1. The molecule has 1 heterocycles. The van der Waals surface area contributed by atoms with Crippen molar-refractivity contribution in [2.45, 2.75) is 0 Å². The standard InChI is InChI=1S/C7H9BrN2O/c1-9-7-3-6(11-2)5(8)4-10-7/h3-4H,1-2H3,(H,9,10). The molecule has 60 valence electrons. The summed E-state index contributed by atoms with van der Waals surface area (Å²) in [6.45, 7) is 0. The minimum atomic E-state index is 0.782. The van der Waals surface area contributed by atoms with Crippen molar-refractivity contribution in [2.75, 3.05) is 19.5 Å². The summed E-state index contributed by atoms with van der Waals surface area (Å²) in [4.78, 5) is 4.07. The van der Waals surface area contributed by atoms with Gasteiger partial charge in [-0.15, -0.1) is 0 Å². The minimum Gasteiger partial charge on any atom is -0.495 e. The van der Waals surface area contributed by atoms with Gasteiger partial charge in [0.1, 0.15) is 11.6 Å². The fourth-order valence-electron chi connectivity index (χ4n) is 0.713. The summed E-state index contributed by atoms with van der Waals surface area (Å²) in [5.74, 6) is 1.58. The van der Waals surface area contributed by atoms with E-state index in [0.29, 0.717) is 0 Å². The molecule has 0 spiro atoms. The molecule has 1 rings (SSSR count). The van der Waals surface area contributed by atoms with Gasteiger partial charge in [0.05, 0.1) is 11.6 Å². The molecule has 0 saturated heterocycles. The Bertz CT molecular complexity index is 252. The average Bonchev–Trinajstić information content (AvgIpc) is 2.05. The zero-order valence-corrected chi connectivity index (χ0v) is 7.97. The molecule has 0 atom stereocenters. The van der Waals surface area contributed by atoms with Gasteiger partial charge in [0.2, 0.25) is 0 Å². The van der Waals surface area contributed by atoms with Crippen molar-refractivity contribution in [1.82, 2.24) is 4.98 Å². The van der Waals surface area contributed by atoms with E-state index in [1.54, 1.807) is 13.3 Å². The van der Waals surface area contributed by atoms with Gasteiger partial charge in [-0.3, -0.25) is 0 Å². The molecule has 0 amide bonds. The second-order valence-electron chi connectivity index (χ2n) is 1.95. The number of hydrogen-bond acceptors (Lipinski definition) is 3. The molecular formula is C7H9BrN2O. The second kappa shape index (κ2) is 3.57. The molecule has 0 aliphatic heterocycles. The van der Waals surface area contributed by atoms with E-state index in [-0.39, 0.29) is 0 Å². The largest absolute Gasteiger partial charge is 0.495 e. The summed E-state index contributed by atoms with van der Waals surface area (Å²) in [7, 11) is 3.44. The van der Waals surface area contributed by atoms with E-state index in [2.05, 4.69) is 26.2 Å². The number of methoxy groups -OCH3 is 1. The highest BCUT2D eigenvalue weighted by atomic mass is 79.9. The van der Waals surface area contributed by atoms with Crippen LogP contribution in [-0.4, -0.2) is 19.1 Å². The first-order valence-corrected chi connectivity index (χ1v) is 3.94. The van der Waals surface area contributed by atoms with Crippen molar-refractivity contribution in [1.29, 1.82) is 0 Å². The molecule has 0 unspecified atom stereocenters. The lowest BCUT2D eigenvalue weighted by molar-refractivity contribution is 0.412. The molecule has 1 aromatic rings. The van der Waals surface area contributed by atoms with Crippen molar-refractivity contribution >= 4 is 21.7 Å². The SMILES string of the molecule is CNc1cc(OC)c(Br)cn1. The summed E-state index contributed by atoms with van der Waals surface area (Å²) < 4.78 is 5.92. The van der Waals surface area contributed by atoms with Crippen LogP contribution in [0, 0.1) is 0 Å². The van der Waals surface area contributed by atoms with Crippen LogP contribution in [0.15, 0.2) is 16.7 Å². The Hall–Kier alpha value is -0.770. The lowest BCUT2D eigenvalue weighted by atomic mass is 10.4. The summed E-state index contributed by atoms with van der Waals surface area (Å²) >= 11 is 3.30. The van der Waals surface area contributed by atoms with E-state index >= 15 is 0 Å². The predicted molar refractivity (Wildman–Crippen MR) is 48.0 cm³/mol. The highest BCUT2D eigenvalue weighted by Gasteiger charge is 2.00. The van der Waals surface area contributed by atoms with Gasteiger partial charge >= 0.3 is 0 Å². The van der Waals surface area contributed by atoms with Crippen LogP contribution in [0.3, 0.4) is 0 Å². The highest BCUT2D eigenvalue weighted by Crippen LogP contribution is 2.25. The third-order valence-corrected chi connectivity index (χ3v) is 1.89. The summed E-state index contributed by atoms with van der Waals surface area (Å²) in [6, 6.07) is 1.82. The van der Waals surface area contributed by atoms with E-state index in [1.165, 1.54) is 0 Å².